The van der Waals surface area contributed by atoms with E-state index < -0.39 is 0 Å². The number of carbonyl (C=O) groups excluding carboxylic acids is 1. The van der Waals surface area contributed by atoms with E-state index in [4.69, 9.17) is 18.9 Å². The van der Waals surface area contributed by atoms with Gasteiger partial charge >= 0.3 is 5.97 Å². The van der Waals surface area contributed by atoms with Crippen LogP contribution in [0.2, 0.25) is 0 Å². The van der Waals surface area contributed by atoms with E-state index in [0.29, 0.717) is 23.8 Å². The standard InChI is InChI=1S/C34H50O5/c1-4-6-8-10-11-12-13-14-16-30-26-37-34(38-27(30)3)29-19-23-32(24-20-29)39-33(35)28-17-21-31(22-18-28)36-25-15-9-7-5-2/h17-24,27,30,34H,4-16,25-26H2,1-3H3/t27-,30+,34+/m1/s1. The number of hydrogen-bond donors (Lipinski definition) is 0. The molecule has 1 aliphatic rings. The van der Waals surface area contributed by atoms with E-state index in [1.54, 1.807) is 24.3 Å². The Morgan fingerprint density at radius 1 is 0.769 bits per heavy atom. The Hall–Kier alpha value is -2.37. The molecule has 0 aliphatic carbocycles. The summed E-state index contributed by atoms with van der Waals surface area (Å²) in [6.07, 6.45) is 16.3. The average molecular weight is 539 g/mol. The summed E-state index contributed by atoms with van der Waals surface area (Å²) in [5.41, 5.74) is 1.43. The van der Waals surface area contributed by atoms with Crippen LogP contribution in [0, 0.1) is 5.92 Å². The molecule has 0 saturated carbocycles. The summed E-state index contributed by atoms with van der Waals surface area (Å²) in [7, 11) is 0. The number of benzene rings is 2. The van der Waals surface area contributed by atoms with Gasteiger partial charge in [-0.2, -0.15) is 0 Å². The second-order valence-corrected chi connectivity index (χ2v) is 10.9. The minimum Gasteiger partial charge on any atom is -0.494 e. The van der Waals surface area contributed by atoms with Gasteiger partial charge in [-0.25, -0.2) is 4.79 Å². The highest BCUT2D eigenvalue weighted by molar-refractivity contribution is 5.91. The van der Waals surface area contributed by atoms with Crippen molar-refractivity contribution < 1.29 is 23.7 Å². The molecule has 3 rings (SSSR count). The van der Waals surface area contributed by atoms with Gasteiger partial charge in [-0.15, -0.1) is 0 Å². The van der Waals surface area contributed by atoms with Crippen molar-refractivity contribution in [2.45, 2.75) is 117 Å². The van der Waals surface area contributed by atoms with Crippen molar-refractivity contribution in [2.24, 2.45) is 5.92 Å². The van der Waals surface area contributed by atoms with Crippen LogP contribution in [0.4, 0.5) is 0 Å². The second-order valence-electron chi connectivity index (χ2n) is 10.9. The third-order valence-corrected chi connectivity index (χ3v) is 7.61. The third-order valence-electron chi connectivity index (χ3n) is 7.61. The lowest BCUT2D eigenvalue weighted by atomic mass is 9.95. The molecule has 1 heterocycles. The number of rotatable bonds is 18. The maximum atomic E-state index is 12.6. The molecule has 1 aliphatic heterocycles. The number of unbranched alkanes of at least 4 members (excludes halogenated alkanes) is 10. The molecule has 0 N–H and O–H groups in total. The van der Waals surface area contributed by atoms with Crippen LogP contribution in [0.25, 0.3) is 0 Å². The van der Waals surface area contributed by atoms with Gasteiger partial charge in [0, 0.05) is 11.5 Å². The van der Waals surface area contributed by atoms with Gasteiger partial charge in [-0.05, 0) is 56.2 Å². The van der Waals surface area contributed by atoms with Gasteiger partial charge in [0.1, 0.15) is 11.5 Å². The largest absolute Gasteiger partial charge is 0.494 e. The Bertz CT molecular complexity index is 924. The molecule has 216 valence electrons. The molecule has 5 nitrogen and oxygen atoms in total. The summed E-state index contributed by atoms with van der Waals surface area (Å²) in [5, 5.41) is 0. The summed E-state index contributed by atoms with van der Waals surface area (Å²) in [6.45, 7) is 8.03. The fourth-order valence-electron chi connectivity index (χ4n) is 4.99. The lowest BCUT2D eigenvalue weighted by Gasteiger charge is -2.35. The van der Waals surface area contributed by atoms with E-state index in [1.807, 2.05) is 24.3 Å². The first-order valence-corrected chi connectivity index (χ1v) is 15.4. The summed E-state index contributed by atoms with van der Waals surface area (Å²) in [4.78, 5) is 12.6. The predicted molar refractivity (Wildman–Crippen MR) is 157 cm³/mol. The van der Waals surface area contributed by atoms with Gasteiger partial charge in [0.05, 0.1) is 24.9 Å². The molecular weight excluding hydrogens is 488 g/mol. The molecular formula is C34H50O5. The Labute approximate surface area is 236 Å². The Morgan fingerprint density at radius 3 is 2.00 bits per heavy atom. The number of esters is 1. The third kappa shape index (κ3) is 11.3. The van der Waals surface area contributed by atoms with Gasteiger partial charge in [-0.3, -0.25) is 0 Å². The molecule has 0 bridgehead atoms. The lowest BCUT2D eigenvalue weighted by molar-refractivity contribution is -0.237. The first-order chi connectivity index (χ1) is 19.1. The molecule has 1 saturated heterocycles. The highest BCUT2D eigenvalue weighted by Gasteiger charge is 2.29. The molecule has 0 unspecified atom stereocenters. The molecule has 3 atom stereocenters. The predicted octanol–water partition coefficient (Wildman–Crippen LogP) is 9.45. The molecule has 39 heavy (non-hydrogen) atoms. The quantitative estimate of drug-likeness (QED) is 0.107. The van der Waals surface area contributed by atoms with E-state index in [9.17, 15) is 4.79 Å². The van der Waals surface area contributed by atoms with Crippen LogP contribution in [0.1, 0.15) is 126 Å². The molecule has 0 amide bonds. The Morgan fingerprint density at radius 2 is 1.36 bits per heavy atom. The first kappa shape index (κ1) is 31.2. The van der Waals surface area contributed by atoms with Crippen molar-refractivity contribution in [3.05, 3.63) is 59.7 Å². The van der Waals surface area contributed by atoms with E-state index in [2.05, 4.69) is 20.8 Å². The van der Waals surface area contributed by atoms with Crippen LogP contribution < -0.4 is 9.47 Å². The monoisotopic (exact) mass is 538 g/mol. The van der Waals surface area contributed by atoms with Crippen LogP contribution in [0.15, 0.2) is 48.5 Å². The molecule has 5 heteroatoms. The van der Waals surface area contributed by atoms with Crippen LogP contribution >= 0.6 is 0 Å². The molecule has 0 aromatic heterocycles. The number of hydrogen-bond acceptors (Lipinski definition) is 5. The zero-order valence-electron chi connectivity index (χ0n) is 24.5. The van der Waals surface area contributed by atoms with Gasteiger partial charge < -0.3 is 18.9 Å². The molecule has 2 aromatic rings. The van der Waals surface area contributed by atoms with Crippen molar-refractivity contribution in [1.29, 1.82) is 0 Å². The van der Waals surface area contributed by atoms with Gasteiger partial charge in [0.25, 0.3) is 0 Å². The first-order valence-electron chi connectivity index (χ1n) is 15.4. The summed E-state index contributed by atoms with van der Waals surface area (Å²) >= 11 is 0. The van der Waals surface area contributed by atoms with Crippen molar-refractivity contribution >= 4 is 5.97 Å². The summed E-state index contributed by atoms with van der Waals surface area (Å²) < 4.78 is 23.6. The van der Waals surface area contributed by atoms with E-state index in [-0.39, 0.29) is 18.4 Å². The molecule has 0 radical (unpaired) electrons. The molecule has 1 fully saturated rings. The number of ether oxygens (including phenoxy) is 4. The molecule has 0 spiro atoms. The highest BCUT2D eigenvalue weighted by Crippen LogP contribution is 2.32. The topological polar surface area (TPSA) is 54.0 Å². The summed E-state index contributed by atoms with van der Waals surface area (Å²) in [6, 6.07) is 14.5. The minimum absolute atomic E-state index is 0.161. The van der Waals surface area contributed by atoms with Crippen molar-refractivity contribution in [2.75, 3.05) is 13.2 Å². The highest BCUT2D eigenvalue weighted by atomic mass is 16.7. The zero-order valence-corrected chi connectivity index (χ0v) is 24.5. The van der Waals surface area contributed by atoms with E-state index in [1.165, 1.54) is 70.6 Å². The SMILES string of the molecule is CCCCCCCCCC[C@H]1CO[C@H](c2ccc(OC(=O)c3ccc(OCCCCCC)cc3)cc2)O[C@@H]1C. The second kappa shape index (κ2) is 18.1. The smallest absolute Gasteiger partial charge is 0.343 e. The Balaban J connectivity index is 1.36. The van der Waals surface area contributed by atoms with Crippen LogP contribution in [-0.4, -0.2) is 25.3 Å². The Kier molecular flexibility index (Phi) is 14.4. The minimum atomic E-state index is -0.389. The zero-order chi connectivity index (χ0) is 27.7. The fraction of sp³-hybridized carbons (Fsp3) is 0.618. The van der Waals surface area contributed by atoms with E-state index >= 15 is 0 Å². The van der Waals surface area contributed by atoms with Crippen molar-refractivity contribution in [3.8, 4) is 11.5 Å². The van der Waals surface area contributed by atoms with Gasteiger partial charge in [0.15, 0.2) is 6.29 Å². The van der Waals surface area contributed by atoms with Crippen LogP contribution in [0.5, 0.6) is 11.5 Å². The molecule has 2 aromatic carbocycles. The van der Waals surface area contributed by atoms with Crippen molar-refractivity contribution in [1.82, 2.24) is 0 Å². The van der Waals surface area contributed by atoms with Crippen LogP contribution in [0.3, 0.4) is 0 Å². The average Bonchev–Trinajstić information content (AvgIpc) is 2.96. The van der Waals surface area contributed by atoms with Crippen LogP contribution in [-0.2, 0) is 9.47 Å². The maximum Gasteiger partial charge on any atom is 0.343 e. The maximum absolute atomic E-state index is 12.6. The fourth-order valence-corrected chi connectivity index (χ4v) is 4.99. The van der Waals surface area contributed by atoms with Crippen molar-refractivity contribution in [3.63, 3.8) is 0 Å². The number of carbonyl (C=O) groups is 1. The normalized spacial score (nSPS) is 19.1. The van der Waals surface area contributed by atoms with Gasteiger partial charge in [0.2, 0.25) is 0 Å². The van der Waals surface area contributed by atoms with E-state index in [0.717, 1.165) is 30.8 Å². The lowest BCUT2D eigenvalue weighted by Crippen LogP contribution is -2.34. The van der Waals surface area contributed by atoms with Gasteiger partial charge in [-0.1, -0.05) is 96.6 Å². The summed E-state index contributed by atoms with van der Waals surface area (Å²) in [5.74, 6) is 1.32.